The second kappa shape index (κ2) is 12.4. The molecule has 1 unspecified atom stereocenters. The Hall–Kier alpha value is -4.17. The van der Waals surface area contributed by atoms with Crippen LogP contribution in [-0.2, 0) is 9.53 Å². The number of carbonyl (C=O) groups excluding carboxylic acids is 1. The molecule has 1 saturated heterocycles. The van der Waals surface area contributed by atoms with Crippen molar-refractivity contribution < 1.29 is 33.0 Å². The molecule has 3 aromatic rings. The van der Waals surface area contributed by atoms with Crippen LogP contribution in [0.1, 0.15) is 46.9 Å². The standard InChI is InChI=1S/C27H25ClF2N6O5S/c1-3-41-27(39)17-20(13-6-9-36(10-7-13)16-12-32-24(40-2)22(33-16)26(37)38)34-23(25-31-8-11-42-25)35-21(17)14-4-5-15(29)19(30)18(14)28/h4-5,8,11-13,21H,3,6-7,9-10H2,1-2H3,(H,34,35)(H,37,38). The van der Waals surface area contributed by atoms with Crippen molar-refractivity contribution in [2.45, 2.75) is 25.8 Å². The van der Waals surface area contributed by atoms with Gasteiger partial charge in [-0.15, -0.1) is 11.3 Å². The van der Waals surface area contributed by atoms with Gasteiger partial charge in [0.05, 0.1) is 30.5 Å². The average molecular weight is 619 g/mol. The van der Waals surface area contributed by atoms with E-state index in [4.69, 9.17) is 21.1 Å². The molecule has 42 heavy (non-hydrogen) atoms. The average Bonchev–Trinajstić information content (AvgIpc) is 3.54. The number of aliphatic imine (C=N–C) groups is 1. The van der Waals surface area contributed by atoms with Gasteiger partial charge in [-0.1, -0.05) is 17.7 Å². The van der Waals surface area contributed by atoms with Crippen molar-refractivity contribution in [3.05, 3.63) is 74.1 Å². The van der Waals surface area contributed by atoms with Gasteiger partial charge in [-0.05, 0) is 25.8 Å². The molecular formula is C27H25ClF2N6O5S. The number of hydrogen-bond acceptors (Lipinski definition) is 11. The SMILES string of the molecule is CCOC(=O)C1=C(C2CCN(c3cnc(OC)c(C(=O)O)n3)CC2)NC(c2nccs2)=NC1c1ccc(F)c(F)c1Cl. The second-order valence-corrected chi connectivity index (χ2v) is 10.6. The van der Waals surface area contributed by atoms with Crippen molar-refractivity contribution in [3.8, 4) is 5.88 Å². The van der Waals surface area contributed by atoms with E-state index in [-0.39, 0.29) is 35.2 Å². The number of rotatable bonds is 8. The van der Waals surface area contributed by atoms with Gasteiger partial charge >= 0.3 is 11.9 Å². The lowest BCUT2D eigenvalue weighted by molar-refractivity contribution is -0.139. The normalized spacial score (nSPS) is 17.5. The summed E-state index contributed by atoms with van der Waals surface area (Å²) >= 11 is 7.58. The zero-order valence-corrected chi connectivity index (χ0v) is 24.0. The minimum absolute atomic E-state index is 0.0807. The maximum Gasteiger partial charge on any atom is 0.360 e. The summed E-state index contributed by atoms with van der Waals surface area (Å²) in [5, 5.41) is 14.6. The fourth-order valence-electron chi connectivity index (χ4n) is 4.95. The fourth-order valence-corrected chi connectivity index (χ4v) is 5.80. The fraction of sp³-hybridized carbons (Fsp3) is 0.333. The third-order valence-corrected chi connectivity index (χ3v) is 8.08. The van der Waals surface area contributed by atoms with Crippen LogP contribution in [0, 0.1) is 17.6 Å². The highest BCUT2D eigenvalue weighted by Crippen LogP contribution is 2.41. The van der Waals surface area contributed by atoms with Gasteiger partial charge in [0.15, 0.2) is 22.5 Å². The quantitative estimate of drug-likeness (QED) is 0.276. The van der Waals surface area contributed by atoms with Crippen LogP contribution in [0.5, 0.6) is 5.88 Å². The maximum atomic E-state index is 14.6. The van der Waals surface area contributed by atoms with Crippen LogP contribution in [0.25, 0.3) is 0 Å². The topological polar surface area (TPSA) is 139 Å². The first-order chi connectivity index (χ1) is 20.2. The van der Waals surface area contributed by atoms with Crippen LogP contribution < -0.4 is 15.0 Å². The molecule has 2 aliphatic rings. The van der Waals surface area contributed by atoms with Crippen molar-refractivity contribution in [2.75, 3.05) is 31.7 Å². The van der Waals surface area contributed by atoms with Crippen LogP contribution in [0.15, 0.2) is 46.2 Å². The van der Waals surface area contributed by atoms with Gasteiger partial charge in [-0.3, -0.25) is 4.99 Å². The Morgan fingerprint density at radius 3 is 2.64 bits per heavy atom. The molecular weight excluding hydrogens is 594 g/mol. The number of carbonyl (C=O) groups is 2. The molecule has 0 amide bonds. The van der Waals surface area contributed by atoms with Crippen LogP contribution in [0.4, 0.5) is 14.6 Å². The Bertz CT molecular complexity index is 1580. The maximum absolute atomic E-state index is 14.6. The van der Waals surface area contributed by atoms with E-state index in [1.807, 2.05) is 4.90 Å². The first kappa shape index (κ1) is 29.3. The van der Waals surface area contributed by atoms with Crippen molar-refractivity contribution in [1.29, 1.82) is 0 Å². The minimum Gasteiger partial charge on any atom is -0.479 e. The third kappa shape index (κ3) is 5.63. The lowest BCUT2D eigenvalue weighted by Gasteiger charge is -2.37. The Balaban J connectivity index is 1.53. The number of methoxy groups -OCH3 is 1. The summed E-state index contributed by atoms with van der Waals surface area (Å²) < 4.78 is 39.0. The predicted molar refractivity (Wildman–Crippen MR) is 150 cm³/mol. The van der Waals surface area contributed by atoms with Gasteiger partial charge in [0.2, 0.25) is 11.6 Å². The van der Waals surface area contributed by atoms with E-state index in [1.54, 1.807) is 18.5 Å². The number of esters is 1. The van der Waals surface area contributed by atoms with Crippen molar-refractivity contribution in [2.24, 2.45) is 10.9 Å². The number of benzene rings is 1. The number of aromatic carboxylic acids is 1. The Morgan fingerprint density at radius 2 is 2.00 bits per heavy atom. The summed E-state index contributed by atoms with van der Waals surface area (Å²) in [4.78, 5) is 44.3. The van der Waals surface area contributed by atoms with Gasteiger partial charge in [-0.25, -0.2) is 33.3 Å². The molecule has 4 heterocycles. The number of carboxylic acids is 1. The van der Waals surface area contributed by atoms with E-state index >= 15 is 0 Å². The highest BCUT2D eigenvalue weighted by molar-refractivity contribution is 7.11. The van der Waals surface area contributed by atoms with Crippen molar-refractivity contribution in [3.63, 3.8) is 0 Å². The first-order valence-corrected chi connectivity index (χ1v) is 14.2. The number of hydrogen-bond donors (Lipinski definition) is 2. The van der Waals surface area contributed by atoms with Crippen molar-refractivity contribution >= 4 is 46.5 Å². The zero-order valence-electron chi connectivity index (χ0n) is 22.4. The smallest absolute Gasteiger partial charge is 0.360 e. The van der Waals surface area contributed by atoms with Gasteiger partial charge in [-0.2, -0.15) is 0 Å². The predicted octanol–water partition coefficient (Wildman–Crippen LogP) is 4.40. The van der Waals surface area contributed by atoms with E-state index in [0.29, 0.717) is 48.3 Å². The molecule has 11 nitrogen and oxygen atoms in total. The zero-order chi connectivity index (χ0) is 30.0. The van der Waals surface area contributed by atoms with E-state index in [9.17, 15) is 23.5 Å². The van der Waals surface area contributed by atoms with Gasteiger partial charge in [0.1, 0.15) is 11.9 Å². The number of halogens is 3. The third-order valence-electron chi connectivity index (χ3n) is 6.91. The number of thiazole rings is 1. The van der Waals surface area contributed by atoms with Gasteiger partial charge < -0.3 is 24.8 Å². The van der Waals surface area contributed by atoms with E-state index < -0.39 is 34.6 Å². The summed E-state index contributed by atoms with van der Waals surface area (Å²) in [6.45, 7) is 2.65. The molecule has 0 spiro atoms. The number of nitrogens with one attached hydrogen (secondary N) is 1. The summed E-state index contributed by atoms with van der Waals surface area (Å²) in [5.74, 6) is -3.87. The largest absolute Gasteiger partial charge is 0.479 e. The summed E-state index contributed by atoms with van der Waals surface area (Å²) in [6, 6.07) is 1.16. The number of piperidine rings is 1. The molecule has 2 aliphatic heterocycles. The molecule has 2 aromatic heterocycles. The van der Waals surface area contributed by atoms with E-state index in [1.165, 1.54) is 30.7 Å². The van der Waals surface area contributed by atoms with Gasteiger partial charge in [0.25, 0.3) is 0 Å². The minimum atomic E-state index is -1.26. The van der Waals surface area contributed by atoms with Crippen LogP contribution in [0.3, 0.4) is 0 Å². The van der Waals surface area contributed by atoms with Crippen LogP contribution >= 0.6 is 22.9 Å². The number of aromatic nitrogens is 3. The Labute approximate surface area is 247 Å². The molecule has 1 atom stereocenters. The molecule has 0 aliphatic carbocycles. The summed E-state index contributed by atoms with van der Waals surface area (Å²) in [7, 11) is 1.32. The van der Waals surface area contributed by atoms with Gasteiger partial charge in [0, 0.05) is 41.8 Å². The molecule has 15 heteroatoms. The van der Waals surface area contributed by atoms with Crippen LogP contribution in [0.2, 0.25) is 5.02 Å². The molecule has 2 N–H and O–H groups in total. The molecule has 220 valence electrons. The van der Waals surface area contributed by atoms with E-state index in [0.717, 1.165) is 6.07 Å². The number of ether oxygens (including phenoxy) is 2. The number of amidine groups is 1. The molecule has 0 saturated carbocycles. The molecule has 5 rings (SSSR count). The molecule has 0 bridgehead atoms. The number of allylic oxidation sites excluding steroid dienone is 1. The highest BCUT2D eigenvalue weighted by atomic mass is 35.5. The Morgan fingerprint density at radius 1 is 1.24 bits per heavy atom. The Kier molecular flexibility index (Phi) is 8.64. The molecule has 1 fully saturated rings. The molecule has 0 radical (unpaired) electrons. The lowest BCUT2D eigenvalue weighted by Crippen LogP contribution is -2.42. The molecule has 1 aromatic carbocycles. The second-order valence-electron chi connectivity index (χ2n) is 9.31. The first-order valence-electron chi connectivity index (χ1n) is 12.9. The highest BCUT2D eigenvalue weighted by Gasteiger charge is 2.38. The number of anilines is 1. The van der Waals surface area contributed by atoms with Crippen LogP contribution in [-0.4, -0.2) is 64.6 Å². The monoisotopic (exact) mass is 618 g/mol. The number of nitrogens with zero attached hydrogens (tertiary/aromatic N) is 5. The number of carboxylic acid groups (broad SMARTS) is 1. The lowest BCUT2D eigenvalue weighted by atomic mass is 9.85. The van der Waals surface area contributed by atoms with E-state index in [2.05, 4.69) is 25.3 Å². The summed E-state index contributed by atoms with van der Waals surface area (Å²) in [6.07, 6.45) is 4.09. The van der Waals surface area contributed by atoms with Crippen molar-refractivity contribution in [1.82, 2.24) is 20.3 Å². The summed E-state index contributed by atoms with van der Waals surface area (Å²) in [5.41, 5.74) is 0.472.